The summed E-state index contributed by atoms with van der Waals surface area (Å²) in [5.74, 6) is 0.0243. The van der Waals surface area contributed by atoms with Crippen LogP contribution in [0.5, 0.6) is 0 Å². The van der Waals surface area contributed by atoms with Crippen molar-refractivity contribution < 1.29 is 8.42 Å². The highest BCUT2D eigenvalue weighted by atomic mass is 79.9. The molecule has 114 valence electrons. The van der Waals surface area contributed by atoms with Crippen LogP contribution in [0.25, 0.3) is 0 Å². The van der Waals surface area contributed by atoms with E-state index in [9.17, 15) is 8.42 Å². The Bertz CT molecular complexity index is 702. The van der Waals surface area contributed by atoms with Crippen molar-refractivity contribution in [1.29, 1.82) is 0 Å². The van der Waals surface area contributed by atoms with E-state index >= 15 is 0 Å². The van der Waals surface area contributed by atoms with Gasteiger partial charge in [0.25, 0.3) is 0 Å². The Morgan fingerprint density at radius 3 is 2.86 bits per heavy atom. The molecule has 0 aliphatic rings. The molecule has 0 aliphatic carbocycles. The molecule has 1 atom stereocenters. The van der Waals surface area contributed by atoms with Gasteiger partial charge in [-0.15, -0.1) is 11.3 Å². The summed E-state index contributed by atoms with van der Waals surface area (Å²) < 4.78 is 27.9. The van der Waals surface area contributed by atoms with Crippen LogP contribution in [0.1, 0.15) is 23.4 Å². The molecule has 0 fully saturated rings. The maximum Gasteiger partial charge on any atom is 0.241 e. The molecule has 1 aromatic heterocycles. The van der Waals surface area contributed by atoms with Crippen LogP contribution in [0.4, 0.5) is 0 Å². The van der Waals surface area contributed by atoms with Crippen molar-refractivity contribution in [3.63, 3.8) is 0 Å². The highest BCUT2D eigenvalue weighted by Crippen LogP contribution is 2.24. The zero-order valence-corrected chi connectivity index (χ0v) is 14.6. The topological polar surface area (TPSA) is 85.1 Å². The molecule has 1 heterocycles. The summed E-state index contributed by atoms with van der Waals surface area (Å²) in [7, 11) is -3.59. The lowest BCUT2D eigenvalue weighted by Gasteiger charge is -2.12. The second-order valence-corrected chi connectivity index (χ2v) is 8.11. The summed E-state index contributed by atoms with van der Waals surface area (Å²) in [4.78, 5) is 4.40. The summed E-state index contributed by atoms with van der Waals surface area (Å²) in [6.07, 6.45) is 1.71. The minimum absolute atomic E-state index is 0.0243. The summed E-state index contributed by atoms with van der Waals surface area (Å²) in [6, 6.07) is 5.07. The second kappa shape index (κ2) is 6.97. The quantitative estimate of drug-likeness (QED) is 0.794. The number of aromatic nitrogens is 1. The van der Waals surface area contributed by atoms with Crippen molar-refractivity contribution >= 4 is 37.3 Å². The molecular formula is C13H16BrN3O2S2. The van der Waals surface area contributed by atoms with Gasteiger partial charge in [-0.25, -0.2) is 18.1 Å². The molecule has 5 nitrogen and oxygen atoms in total. The molecule has 1 aromatic carbocycles. The largest absolute Gasteiger partial charge is 0.326 e. The first-order chi connectivity index (χ1) is 9.94. The Balaban J connectivity index is 2.15. The molecule has 0 aliphatic heterocycles. The fraction of sp³-hybridized carbons (Fsp3) is 0.308. The zero-order valence-electron chi connectivity index (χ0n) is 11.4. The third kappa shape index (κ3) is 4.10. The van der Waals surface area contributed by atoms with Gasteiger partial charge in [-0.2, -0.15) is 0 Å². The molecule has 0 saturated carbocycles. The van der Waals surface area contributed by atoms with Gasteiger partial charge in [0.15, 0.2) is 0 Å². The lowest BCUT2D eigenvalue weighted by molar-refractivity contribution is 0.574. The van der Waals surface area contributed by atoms with Gasteiger partial charge < -0.3 is 5.73 Å². The number of nitrogens with zero attached hydrogens (tertiary/aromatic N) is 1. The number of sulfonamides is 1. The molecule has 0 bridgehead atoms. The van der Waals surface area contributed by atoms with Crippen LogP contribution in [-0.2, 0) is 16.6 Å². The molecular weight excluding hydrogens is 374 g/mol. The number of nitrogens with one attached hydrogen (secondary N) is 1. The predicted octanol–water partition coefficient (Wildman–Crippen LogP) is 2.45. The van der Waals surface area contributed by atoms with Crippen LogP contribution in [-0.4, -0.2) is 19.9 Å². The predicted molar refractivity (Wildman–Crippen MR) is 87.8 cm³/mol. The van der Waals surface area contributed by atoms with Crippen LogP contribution in [0.3, 0.4) is 0 Å². The maximum atomic E-state index is 12.4. The van der Waals surface area contributed by atoms with E-state index < -0.39 is 10.0 Å². The molecule has 8 heteroatoms. The maximum absolute atomic E-state index is 12.4. The average Bonchev–Trinajstić information content (AvgIpc) is 2.99. The van der Waals surface area contributed by atoms with E-state index in [1.165, 1.54) is 11.3 Å². The molecule has 0 saturated heterocycles. The van der Waals surface area contributed by atoms with Crippen molar-refractivity contribution in [1.82, 2.24) is 9.71 Å². The number of hydrogen-bond acceptors (Lipinski definition) is 5. The van der Waals surface area contributed by atoms with Crippen molar-refractivity contribution in [2.75, 3.05) is 6.54 Å². The van der Waals surface area contributed by atoms with E-state index in [1.807, 2.05) is 12.3 Å². The van der Waals surface area contributed by atoms with Gasteiger partial charge in [0.2, 0.25) is 10.0 Å². The number of nitrogens with two attached hydrogens (primary N) is 1. The van der Waals surface area contributed by atoms with E-state index in [4.69, 9.17) is 5.73 Å². The molecule has 3 N–H and O–H groups in total. The molecule has 2 aromatic rings. The van der Waals surface area contributed by atoms with E-state index in [-0.39, 0.29) is 10.8 Å². The average molecular weight is 390 g/mol. The molecule has 21 heavy (non-hydrogen) atoms. The van der Waals surface area contributed by atoms with Crippen molar-refractivity contribution in [3.8, 4) is 0 Å². The van der Waals surface area contributed by atoms with E-state index in [0.29, 0.717) is 17.6 Å². The third-order valence-corrected chi connectivity index (χ3v) is 6.40. The minimum Gasteiger partial charge on any atom is -0.326 e. The van der Waals surface area contributed by atoms with Crippen molar-refractivity contribution in [3.05, 3.63) is 44.8 Å². The van der Waals surface area contributed by atoms with Gasteiger partial charge in [-0.3, -0.25) is 0 Å². The number of halogens is 1. The Hall–Kier alpha value is -0.800. The normalized spacial score (nSPS) is 13.3. The second-order valence-electron chi connectivity index (χ2n) is 4.59. The molecule has 0 spiro atoms. The molecule has 0 amide bonds. The fourth-order valence-corrected chi connectivity index (χ4v) is 4.60. The Morgan fingerprint density at radius 2 is 2.24 bits per heavy atom. The van der Waals surface area contributed by atoms with E-state index in [1.54, 1.807) is 24.4 Å². The first kappa shape index (κ1) is 16.6. The Kier molecular flexibility index (Phi) is 5.50. The number of hydrogen-bond donors (Lipinski definition) is 2. The summed E-state index contributed by atoms with van der Waals surface area (Å²) in [5, 5.41) is 2.79. The first-order valence-corrected chi connectivity index (χ1v) is 9.47. The summed E-state index contributed by atoms with van der Waals surface area (Å²) in [5.41, 5.74) is 6.33. The van der Waals surface area contributed by atoms with Gasteiger partial charge in [0, 0.05) is 35.1 Å². The summed E-state index contributed by atoms with van der Waals surface area (Å²) in [6.45, 7) is 2.53. The molecule has 0 radical (unpaired) electrons. The van der Waals surface area contributed by atoms with Crippen LogP contribution in [0, 0.1) is 0 Å². The van der Waals surface area contributed by atoms with E-state index in [2.05, 4.69) is 25.6 Å². The third-order valence-electron chi connectivity index (χ3n) is 2.97. The van der Waals surface area contributed by atoms with Crippen LogP contribution in [0.15, 0.2) is 39.1 Å². The summed E-state index contributed by atoms with van der Waals surface area (Å²) >= 11 is 4.79. The zero-order chi connectivity index (χ0) is 15.5. The molecule has 1 unspecified atom stereocenters. The van der Waals surface area contributed by atoms with Gasteiger partial charge in [0.05, 0.1) is 9.90 Å². The van der Waals surface area contributed by atoms with Crippen LogP contribution >= 0.6 is 27.3 Å². The van der Waals surface area contributed by atoms with Gasteiger partial charge >= 0.3 is 0 Å². The standard InChI is InChI=1S/C13H16BrN3O2S2/c1-9(13-16-4-5-20-13)8-17-21(18,19)12-6-10(7-15)2-3-11(12)14/h2-6,9,17H,7-8,15H2,1H3. The van der Waals surface area contributed by atoms with Gasteiger partial charge in [-0.1, -0.05) is 13.0 Å². The highest BCUT2D eigenvalue weighted by Gasteiger charge is 2.19. The fourth-order valence-electron chi connectivity index (χ4n) is 1.76. The smallest absolute Gasteiger partial charge is 0.241 e. The lowest BCUT2D eigenvalue weighted by atomic mass is 10.2. The number of rotatable bonds is 6. The number of benzene rings is 1. The van der Waals surface area contributed by atoms with Crippen LogP contribution in [0.2, 0.25) is 0 Å². The van der Waals surface area contributed by atoms with Gasteiger partial charge in [-0.05, 0) is 33.6 Å². The monoisotopic (exact) mass is 389 g/mol. The lowest BCUT2D eigenvalue weighted by Crippen LogP contribution is -2.28. The SMILES string of the molecule is CC(CNS(=O)(=O)c1cc(CN)ccc1Br)c1nccs1. The Morgan fingerprint density at radius 1 is 1.48 bits per heavy atom. The Labute approximate surface area is 136 Å². The minimum atomic E-state index is -3.59. The first-order valence-electron chi connectivity index (χ1n) is 6.31. The van der Waals surface area contributed by atoms with Crippen LogP contribution < -0.4 is 10.5 Å². The molecule has 2 rings (SSSR count). The van der Waals surface area contributed by atoms with Crippen molar-refractivity contribution in [2.24, 2.45) is 5.73 Å². The van der Waals surface area contributed by atoms with Crippen molar-refractivity contribution in [2.45, 2.75) is 24.3 Å². The number of thiazole rings is 1. The van der Waals surface area contributed by atoms with E-state index in [0.717, 1.165) is 10.6 Å². The highest BCUT2D eigenvalue weighted by molar-refractivity contribution is 9.10. The van der Waals surface area contributed by atoms with Gasteiger partial charge in [0.1, 0.15) is 0 Å².